The molecule has 2 heterocycles. The summed E-state index contributed by atoms with van der Waals surface area (Å²) in [5.74, 6) is 0.807. The Morgan fingerprint density at radius 3 is 2.29 bits per heavy atom. The Morgan fingerprint density at radius 2 is 1.75 bits per heavy atom. The third kappa shape index (κ3) is 4.35. The number of aryl methyl sites for hydroxylation is 2. The highest BCUT2D eigenvalue weighted by Gasteiger charge is 2.25. The largest absolute Gasteiger partial charge is 0.492 e. The van der Waals surface area contributed by atoms with Crippen LogP contribution in [0.15, 0.2) is 10.9 Å². The van der Waals surface area contributed by atoms with Gasteiger partial charge in [-0.2, -0.15) is 0 Å². The Morgan fingerprint density at radius 1 is 1.14 bits per heavy atom. The molecule has 1 aliphatic rings. The van der Waals surface area contributed by atoms with Gasteiger partial charge in [-0.15, -0.1) is 0 Å². The van der Waals surface area contributed by atoms with E-state index in [1.54, 1.807) is 7.11 Å². The molecule has 158 valence electrons. The molecule has 5 heteroatoms. The van der Waals surface area contributed by atoms with Gasteiger partial charge in [0.2, 0.25) is 0 Å². The van der Waals surface area contributed by atoms with Gasteiger partial charge in [0, 0.05) is 44.0 Å². The van der Waals surface area contributed by atoms with Gasteiger partial charge in [0.05, 0.1) is 23.7 Å². The Balaban J connectivity index is 0.000000921. The van der Waals surface area contributed by atoms with Crippen molar-refractivity contribution in [2.75, 3.05) is 31.6 Å². The number of fused-ring (bicyclic) bond motifs is 1. The second-order valence-corrected chi connectivity index (χ2v) is 6.87. The zero-order chi connectivity index (χ0) is 21.6. The predicted molar refractivity (Wildman–Crippen MR) is 122 cm³/mol. The molecule has 0 saturated carbocycles. The number of ether oxygens (including phenoxy) is 1. The number of anilines is 1. The van der Waals surface area contributed by atoms with Gasteiger partial charge in [-0.05, 0) is 39.3 Å². The van der Waals surface area contributed by atoms with Crippen molar-refractivity contribution >= 4 is 16.6 Å². The van der Waals surface area contributed by atoms with Crippen LogP contribution >= 0.6 is 0 Å². The van der Waals surface area contributed by atoms with E-state index in [-0.39, 0.29) is 5.43 Å². The summed E-state index contributed by atoms with van der Waals surface area (Å²) in [5.41, 5.74) is 4.97. The van der Waals surface area contributed by atoms with E-state index in [0.717, 1.165) is 58.8 Å². The van der Waals surface area contributed by atoms with Crippen LogP contribution in [0.4, 0.5) is 5.69 Å². The molecule has 3 rings (SSSR count). The van der Waals surface area contributed by atoms with E-state index in [2.05, 4.69) is 28.6 Å². The quantitative estimate of drug-likeness (QED) is 0.831. The number of hydrogen-bond donors (Lipinski definition) is 1. The number of rotatable bonds is 2. The SMILES string of the molecule is CC.CC.COc1c(N2CCNC(C)C2)c(C)cc2c(=O)c(C)c(C)n(C)c12. The average Bonchev–Trinajstić information content (AvgIpc) is 2.72. The van der Waals surface area contributed by atoms with Gasteiger partial charge in [-0.25, -0.2) is 0 Å². The van der Waals surface area contributed by atoms with Gasteiger partial charge in [-0.1, -0.05) is 27.7 Å². The van der Waals surface area contributed by atoms with E-state index in [1.165, 1.54) is 0 Å². The lowest BCUT2D eigenvalue weighted by molar-refractivity contribution is 0.412. The van der Waals surface area contributed by atoms with Gasteiger partial charge < -0.3 is 19.5 Å². The van der Waals surface area contributed by atoms with Crippen molar-refractivity contribution in [3.05, 3.63) is 33.1 Å². The van der Waals surface area contributed by atoms with Crippen LogP contribution in [-0.4, -0.2) is 37.4 Å². The van der Waals surface area contributed by atoms with Crippen molar-refractivity contribution < 1.29 is 4.74 Å². The van der Waals surface area contributed by atoms with Crippen molar-refractivity contribution in [3.8, 4) is 5.75 Å². The summed E-state index contributed by atoms with van der Waals surface area (Å²) in [5, 5.41) is 4.21. The highest BCUT2D eigenvalue weighted by molar-refractivity contribution is 5.93. The zero-order valence-corrected chi connectivity index (χ0v) is 19.5. The highest BCUT2D eigenvalue weighted by atomic mass is 16.5. The van der Waals surface area contributed by atoms with Crippen LogP contribution in [0, 0.1) is 20.8 Å². The van der Waals surface area contributed by atoms with Crippen molar-refractivity contribution in [2.24, 2.45) is 7.05 Å². The van der Waals surface area contributed by atoms with Crippen LogP contribution < -0.4 is 20.4 Å². The summed E-state index contributed by atoms with van der Waals surface area (Å²) in [6, 6.07) is 2.46. The summed E-state index contributed by atoms with van der Waals surface area (Å²) in [4.78, 5) is 15.1. The number of methoxy groups -OCH3 is 1. The van der Waals surface area contributed by atoms with E-state index < -0.39 is 0 Å². The molecule has 1 atom stereocenters. The lowest BCUT2D eigenvalue weighted by Gasteiger charge is -2.36. The number of benzene rings is 1. The van der Waals surface area contributed by atoms with Crippen molar-refractivity contribution in [1.82, 2.24) is 9.88 Å². The summed E-state index contributed by atoms with van der Waals surface area (Å²) in [7, 11) is 3.70. The van der Waals surface area contributed by atoms with Crippen LogP contribution in [0.1, 0.15) is 51.4 Å². The summed E-state index contributed by atoms with van der Waals surface area (Å²) in [6.45, 7) is 19.0. The first kappa shape index (κ1) is 24.0. The average molecular weight is 390 g/mol. The molecule has 1 fully saturated rings. The third-order valence-corrected chi connectivity index (χ3v) is 5.28. The second-order valence-electron chi connectivity index (χ2n) is 6.87. The van der Waals surface area contributed by atoms with Crippen molar-refractivity contribution in [1.29, 1.82) is 0 Å². The molecule has 0 amide bonds. The lowest BCUT2D eigenvalue weighted by atomic mass is 10.0. The van der Waals surface area contributed by atoms with Crippen LogP contribution in [0.5, 0.6) is 5.75 Å². The molecule has 0 bridgehead atoms. The summed E-state index contributed by atoms with van der Waals surface area (Å²) < 4.78 is 7.92. The first-order valence-electron chi connectivity index (χ1n) is 10.5. The molecule has 5 nitrogen and oxygen atoms in total. The molecule has 1 unspecified atom stereocenters. The fourth-order valence-electron chi connectivity index (χ4n) is 3.78. The van der Waals surface area contributed by atoms with Gasteiger partial charge >= 0.3 is 0 Å². The summed E-state index contributed by atoms with van der Waals surface area (Å²) in [6.07, 6.45) is 0. The first-order valence-corrected chi connectivity index (χ1v) is 10.5. The van der Waals surface area contributed by atoms with Crippen LogP contribution in [0.25, 0.3) is 10.9 Å². The minimum absolute atomic E-state index is 0.0993. The van der Waals surface area contributed by atoms with Crippen LogP contribution in [0.2, 0.25) is 0 Å². The van der Waals surface area contributed by atoms with E-state index in [9.17, 15) is 4.79 Å². The smallest absolute Gasteiger partial charge is 0.192 e. The number of nitrogens with zero attached hydrogens (tertiary/aromatic N) is 2. The van der Waals surface area contributed by atoms with Gasteiger partial charge in [0.1, 0.15) is 0 Å². The Bertz CT molecular complexity index is 856. The number of hydrogen-bond acceptors (Lipinski definition) is 4. The molecule has 1 aromatic carbocycles. The number of piperazine rings is 1. The molecule has 1 aliphatic heterocycles. The maximum atomic E-state index is 12.8. The molecule has 0 aliphatic carbocycles. The number of aromatic nitrogens is 1. The standard InChI is InChI=1S/C19H27N3O2.2C2H6/c1-11-9-15-17(21(5)14(4)13(3)18(15)23)19(24-6)16(11)22-8-7-20-12(2)10-22;2*1-2/h9,12,20H,7-8,10H2,1-6H3;2*1-2H3. The van der Waals surface area contributed by atoms with Crippen LogP contribution in [-0.2, 0) is 7.05 Å². The monoisotopic (exact) mass is 389 g/mol. The molecule has 1 N–H and O–H groups in total. The van der Waals surface area contributed by atoms with Gasteiger partial charge in [0.25, 0.3) is 0 Å². The molecule has 1 saturated heterocycles. The van der Waals surface area contributed by atoms with E-state index in [4.69, 9.17) is 4.74 Å². The third-order valence-electron chi connectivity index (χ3n) is 5.28. The highest BCUT2D eigenvalue weighted by Crippen LogP contribution is 2.39. The van der Waals surface area contributed by atoms with E-state index in [1.807, 2.05) is 54.7 Å². The molecule has 28 heavy (non-hydrogen) atoms. The Kier molecular flexibility index (Phi) is 9.02. The second kappa shape index (κ2) is 10.5. The fourth-order valence-corrected chi connectivity index (χ4v) is 3.78. The van der Waals surface area contributed by atoms with Crippen molar-refractivity contribution in [3.63, 3.8) is 0 Å². The molecular weight excluding hydrogens is 350 g/mol. The lowest BCUT2D eigenvalue weighted by Crippen LogP contribution is -2.49. The van der Waals surface area contributed by atoms with E-state index >= 15 is 0 Å². The first-order chi connectivity index (χ1) is 13.4. The van der Waals surface area contributed by atoms with Crippen molar-refractivity contribution in [2.45, 2.75) is 61.4 Å². The maximum absolute atomic E-state index is 12.8. The fraction of sp³-hybridized carbons (Fsp3) is 0.609. The normalized spacial score (nSPS) is 16.1. The number of pyridine rings is 1. The Labute approximate surface area is 170 Å². The molecule has 2 aromatic rings. The molecule has 1 aromatic heterocycles. The summed E-state index contributed by atoms with van der Waals surface area (Å²) >= 11 is 0. The number of nitrogens with one attached hydrogen (secondary N) is 1. The van der Waals surface area contributed by atoms with Gasteiger partial charge in [0.15, 0.2) is 11.2 Å². The van der Waals surface area contributed by atoms with Gasteiger partial charge in [-0.3, -0.25) is 4.79 Å². The minimum Gasteiger partial charge on any atom is -0.492 e. The Hall–Kier alpha value is -2.01. The zero-order valence-electron chi connectivity index (χ0n) is 19.5. The minimum atomic E-state index is 0.0993. The van der Waals surface area contributed by atoms with Crippen LogP contribution in [0.3, 0.4) is 0 Å². The maximum Gasteiger partial charge on any atom is 0.192 e. The van der Waals surface area contributed by atoms with E-state index in [0.29, 0.717) is 6.04 Å². The molecule has 0 radical (unpaired) electrons. The topological polar surface area (TPSA) is 46.5 Å². The molecular formula is C23H39N3O2. The molecule has 0 spiro atoms. The predicted octanol–water partition coefficient (Wildman–Crippen LogP) is 4.32.